The number of thiazole rings is 1. The van der Waals surface area contributed by atoms with Gasteiger partial charge in [-0.25, -0.2) is 4.98 Å². The van der Waals surface area contributed by atoms with Gasteiger partial charge in [-0.2, -0.15) is 0 Å². The first-order valence-electron chi connectivity index (χ1n) is 6.93. The molecule has 0 aliphatic heterocycles. The molecule has 0 unspecified atom stereocenters. The smallest absolute Gasteiger partial charge is 0.224 e. The van der Waals surface area contributed by atoms with Crippen LogP contribution in [0, 0.1) is 5.92 Å². The molecule has 2 aromatic rings. The number of nitrogens with one attached hydrogen (secondary N) is 1. The number of carbonyl (C=O) groups is 1. The van der Waals surface area contributed by atoms with Gasteiger partial charge in [0.25, 0.3) is 0 Å². The zero-order chi connectivity index (χ0) is 14.5. The van der Waals surface area contributed by atoms with Crippen LogP contribution in [0.3, 0.4) is 0 Å². The van der Waals surface area contributed by atoms with Crippen molar-refractivity contribution in [2.45, 2.75) is 33.6 Å². The molecule has 2 rings (SSSR count). The molecule has 0 radical (unpaired) electrons. The van der Waals surface area contributed by atoms with Crippen LogP contribution in [0.1, 0.15) is 32.2 Å². The Hall–Kier alpha value is -1.68. The molecular formula is C16H20N2OS. The number of hydrogen-bond donors (Lipinski definition) is 1. The summed E-state index contributed by atoms with van der Waals surface area (Å²) in [5, 5.41) is 6.12. The summed E-state index contributed by atoms with van der Waals surface area (Å²) in [5.41, 5.74) is 2.93. The molecule has 0 fully saturated rings. The first-order chi connectivity index (χ1) is 9.58. The summed E-state index contributed by atoms with van der Waals surface area (Å²) in [7, 11) is 0. The lowest BCUT2D eigenvalue weighted by atomic mass is 10.1. The van der Waals surface area contributed by atoms with E-state index in [-0.39, 0.29) is 5.91 Å². The molecule has 1 N–H and O–H groups in total. The van der Waals surface area contributed by atoms with Crippen LogP contribution in [-0.2, 0) is 11.2 Å². The first-order valence-corrected chi connectivity index (χ1v) is 7.81. The first kappa shape index (κ1) is 14.7. The Morgan fingerprint density at radius 3 is 2.60 bits per heavy atom. The van der Waals surface area contributed by atoms with Gasteiger partial charge in [-0.15, -0.1) is 11.3 Å². The molecule has 0 saturated heterocycles. The van der Waals surface area contributed by atoms with Crippen molar-refractivity contribution in [2.75, 3.05) is 5.32 Å². The maximum absolute atomic E-state index is 11.3. The van der Waals surface area contributed by atoms with Crippen molar-refractivity contribution < 1.29 is 4.79 Å². The van der Waals surface area contributed by atoms with Crippen LogP contribution in [-0.4, -0.2) is 10.9 Å². The highest BCUT2D eigenvalue weighted by atomic mass is 32.1. The number of nitrogens with zero attached hydrogens (tertiary/aromatic N) is 1. The maximum Gasteiger partial charge on any atom is 0.224 e. The molecule has 0 spiro atoms. The lowest BCUT2D eigenvalue weighted by Crippen LogP contribution is -2.08. The second-order valence-corrected chi connectivity index (χ2v) is 6.15. The second kappa shape index (κ2) is 6.66. The van der Waals surface area contributed by atoms with Crippen molar-refractivity contribution in [1.29, 1.82) is 0 Å². The van der Waals surface area contributed by atoms with E-state index in [0.29, 0.717) is 12.3 Å². The van der Waals surface area contributed by atoms with Gasteiger partial charge >= 0.3 is 0 Å². The van der Waals surface area contributed by atoms with Crippen LogP contribution in [0.5, 0.6) is 0 Å². The van der Waals surface area contributed by atoms with Crippen LogP contribution < -0.4 is 5.32 Å². The molecular weight excluding hydrogens is 268 g/mol. The highest BCUT2D eigenvalue weighted by molar-refractivity contribution is 7.09. The molecule has 106 valence electrons. The highest BCUT2D eigenvalue weighted by Crippen LogP contribution is 2.24. The van der Waals surface area contributed by atoms with E-state index in [2.05, 4.69) is 29.5 Å². The van der Waals surface area contributed by atoms with Crippen LogP contribution in [0.25, 0.3) is 11.3 Å². The molecule has 20 heavy (non-hydrogen) atoms. The standard InChI is InChI=1S/C16H20N2OS/c1-4-15(19)17-13-7-5-12(6-8-13)14-10-20-16(18-14)9-11(2)3/h5-8,10-11H,4,9H2,1-3H3,(H,17,19). The number of aromatic nitrogens is 1. The minimum Gasteiger partial charge on any atom is -0.326 e. The summed E-state index contributed by atoms with van der Waals surface area (Å²) in [6, 6.07) is 7.84. The predicted molar refractivity (Wildman–Crippen MR) is 85.0 cm³/mol. The van der Waals surface area contributed by atoms with E-state index in [9.17, 15) is 4.79 Å². The van der Waals surface area contributed by atoms with Crippen molar-refractivity contribution in [1.82, 2.24) is 4.98 Å². The van der Waals surface area contributed by atoms with Gasteiger partial charge in [0.15, 0.2) is 0 Å². The van der Waals surface area contributed by atoms with Crippen molar-refractivity contribution in [3.8, 4) is 11.3 Å². The minimum absolute atomic E-state index is 0.0330. The monoisotopic (exact) mass is 288 g/mol. The van der Waals surface area contributed by atoms with E-state index < -0.39 is 0 Å². The molecule has 0 bridgehead atoms. The van der Waals surface area contributed by atoms with E-state index in [4.69, 9.17) is 0 Å². The summed E-state index contributed by atoms with van der Waals surface area (Å²) in [6.07, 6.45) is 1.52. The zero-order valence-corrected chi connectivity index (χ0v) is 13.0. The Labute approximate surface area is 124 Å². The molecule has 1 aromatic carbocycles. The SMILES string of the molecule is CCC(=O)Nc1ccc(-c2csc(CC(C)C)n2)cc1. The second-order valence-electron chi connectivity index (χ2n) is 5.20. The van der Waals surface area contributed by atoms with Crippen molar-refractivity contribution in [3.63, 3.8) is 0 Å². The maximum atomic E-state index is 11.3. The fourth-order valence-electron chi connectivity index (χ4n) is 1.86. The molecule has 1 aromatic heterocycles. The van der Waals surface area contributed by atoms with E-state index in [0.717, 1.165) is 23.4 Å². The Bertz CT molecular complexity index is 572. The number of hydrogen-bond acceptors (Lipinski definition) is 3. The van der Waals surface area contributed by atoms with E-state index in [1.54, 1.807) is 11.3 Å². The largest absolute Gasteiger partial charge is 0.326 e. The lowest BCUT2D eigenvalue weighted by molar-refractivity contribution is -0.115. The van der Waals surface area contributed by atoms with Gasteiger partial charge in [0.2, 0.25) is 5.91 Å². The van der Waals surface area contributed by atoms with Gasteiger partial charge in [0.05, 0.1) is 10.7 Å². The summed E-state index contributed by atoms with van der Waals surface area (Å²) >= 11 is 1.71. The fraction of sp³-hybridized carbons (Fsp3) is 0.375. The highest BCUT2D eigenvalue weighted by Gasteiger charge is 2.06. The zero-order valence-electron chi connectivity index (χ0n) is 12.1. The Morgan fingerprint density at radius 2 is 2.00 bits per heavy atom. The number of carbonyl (C=O) groups excluding carboxylic acids is 1. The number of anilines is 1. The Morgan fingerprint density at radius 1 is 1.30 bits per heavy atom. The van der Waals surface area contributed by atoms with Crippen molar-refractivity contribution in [3.05, 3.63) is 34.7 Å². The molecule has 1 heterocycles. The van der Waals surface area contributed by atoms with E-state index in [1.807, 2.05) is 31.2 Å². The molecule has 4 heteroatoms. The predicted octanol–water partition coefficient (Wildman–Crippen LogP) is 4.36. The van der Waals surface area contributed by atoms with Gasteiger partial charge in [-0.05, 0) is 18.1 Å². The van der Waals surface area contributed by atoms with Crippen molar-refractivity contribution >= 4 is 22.9 Å². The topological polar surface area (TPSA) is 42.0 Å². The number of rotatable bonds is 5. The Kier molecular flexibility index (Phi) is 4.90. The summed E-state index contributed by atoms with van der Waals surface area (Å²) in [4.78, 5) is 16.0. The minimum atomic E-state index is 0.0330. The normalized spacial score (nSPS) is 10.8. The van der Waals surface area contributed by atoms with Gasteiger partial charge < -0.3 is 5.32 Å². The Balaban J connectivity index is 2.09. The van der Waals surface area contributed by atoms with Crippen LogP contribution in [0.4, 0.5) is 5.69 Å². The third-order valence-electron chi connectivity index (χ3n) is 2.92. The molecule has 0 atom stereocenters. The van der Waals surface area contributed by atoms with Gasteiger partial charge in [0.1, 0.15) is 0 Å². The quantitative estimate of drug-likeness (QED) is 0.888. The molecule has 0 aliphatic rings. The fourth-order valence-corrected chi connectivity index (χ4v) is 2.88. The number of amides is 1. The number of benzene rings is 1. The van der Waals surface area contributed by atoms with Gasteiger partial charge in [0, 0.05) is 29.5 Å². The molecule has 0 saturated carbocycles. The van der Waals surface area contributed by atoms with Crippen LogP contribution in [0.15, 0.2) is 29.6 Å². The average molecular weight is 288 g/mol. The summed E-state index contributed by atoms with van der Waals surface area (Å²) < 4.78 is 0. The van der Waals surface area contributed by atoms with Gasteiger partial charge in [-0.3, -0.25) is 4.79 Å². The lowest BCUT2D eigenvalue weighted by Gasteiger charge is -2.04. The molecule has 3 nitrogen and oxygen atoms in total. The van der Waals surface area contributed by atoms with Crippen molar-refractivity contribution in [2.24, 2.45) is 5.92 Å². The summed E-state index contributed by atoms with van der Waals surface area (Å²) in [5.74, 6) is 0.659. The average Bonchev–Trinajstić information content (AvgIpc) is 2.87. The van der Waals surface area contributed by atoms with Crippen LogP contribution in [0.2, 0.25) is 0 Å². The third kappa shape index (κ3) is 3.90. The van der Waals surface area contributed by atoms with Crippen LogP contribution >= 0.6 is 11.3 Å². The molecule has 1 amide bonds. The molecule has 0 aliphatic carbocycles. The van der Waals surface area contributed by atoms with Gasteiger partial charge in [-0.1, -0.05) is 32.9 Å². The summed E-state index contributed by atoms with van der Waals surface area (Å²) in [6.45, 7) is 6.24. The van der Waals surface area contributed by atoms with E-state index in [1.165, 1.54) is 5.01 Å². The third-order valence-corrected chi connectivity index (χ3v) is 3.79. The van der Waals surface area contributed by atoms with E-state index >= 15 is 0 Å².